The highest BCUT2D eigenvalue weighted by Gasteiger charge is 2.24. The number of nitrogens with zero attached hydrogens (tertiary/aromatic N) is 1. The molecule has 108 valence electrons. The first kappa shape index (κ1) is 13.5. The maximum atomic E-state index is 12.6. The van der Waals surface area contributed by atoms with E-state index in [1.807, 2.05) is 29.2 Å². The van der Waals surface area contributed by atoms with E-state index in [9.17, 15) is 4.79 Å². The second-order valence-electron chi connectivity index (χ2n) is 5.87. The van der Waals surface area contributed by atoms with E-state index in [0.29, 0.717) is 0 Å². The van der Waals surface area contributed by atoms with E-state index in [0.717, 1.165) is 50.1 Å². The summed E-state index contributed by atoms with van der Waals surface area (Å²) < 4.78 is 6.12. The molecule has 1 aliphatic carbocycles. The highest BCUT2D eigenvalue weighted by atomic mass is 16.5. The molecule has 1 aromatic rings. The fraction of sp³-hybridized carbons (Fsp3) is 0.588. The third kappa shape index (κ3) is 2.97. The van der Waals surface area contributed by atoms with Crippen LogP contribution in [0.4, 0.5) is 0 Å². The molecular weight excluding hydrogens is 250 g/mol. The molecule has 3 nitrogen and oxygen atoms in total. The zero-order valence-corrected chi connectivity index (χ0v) is 12.0. The minimum absolute atomic E-state index is 0.133. The van der Waals surface area contributed by atoms with Crippen molar-refractivity contribution >= 4 is 5.91 Å². The van der Waals surface area contributed by atoms with Gasteiger partial charge in [-0.25, -0.2) is 0 Å². The molecule has 3 rings (SSSR count). The van der Waals surface area contributed by atoms with Gasteiger partial charge in [-0.15, -0.1) is 0 Å². The molecule has 1 saturated heterocycles. The third-order valence-corrected chi connectivity index (χ3v) is 4.36. The molecule has 1 amide bonds. The number of carbonyl (C=O) groups excluding carboxylic acids is 1. The van der Waals surface area contributed by atoms with E-state index in [-0.39, 0.29) is 12.0 Å². The lowest BCUT2D eigenvalue weighted by Crippen LogP contribution is -2.29. The minimum atomic E-state index is 0.133. The Kier molecular flexibility index (Phi) is 4.24. The molecule has 1 saturated carbocycles. The van der Waals surface area contributed by atoms with Gasteiger partial charge < -0.3 is 9.64 Å². The first-order valence-electron chi connectivity index (χ1n) is 7.89. The van der Waals surface area contributed by atoms with E-state index in [1.54, 1.807) is 0 Å². The van der Waals surface area contributed by atoms with Gasteiger partial charge in [-0.05, 0) is 50.7 Å². The summed E-state index contributed by atoms with van der Waals surface area (Å²) in [6.07, 6.45) is 8.57. The molecule has 0 atom stereocenters. The summed E-state index contributed by atoms with van der Waals surface area (Å²) in [6.45, 7) is 1.77. The van der Waals surface area contributed by atoms with Crippen LogP contribution in [0.5, 0.6) is 5.75 Å². The molecule has 2 aliphatic rings. The lowest BCUT2D eigenvalue weighted by molar-refractivity contribution is 0.0781. The molecule has 0 radical (unpaired) electrons. The lowest BCUT2D eigenvalue weighted by Gasteiger charge is -2.25. The predicted molar refractivity (Wildman–Crippen MR) is 79.1 cm³/mol. The smallest absolute Gasteiger partial charge is 0.257 e. The monoisotopic (exact) mass is 273 g/mol. The van der Waals surface area contributed by atoms with Gasteiger partial charge in [-0.3, -0.25) is 4.79 Å². The fourth-order valence-corrected chi connectivity index (χ4v) is 3.20. The first-order valence-corrected chi connectivity index (χ1v) is 7.89. The molecule has 20 heavy (non-hydrogen) atoms. The number of hydrogen-bond donors (Lipinski definition) is 0. The molecular formula is C17H23NO2. The van der Waals surface area contributed by atoms with Crippen molar-refractivity contribution in [3.8, 4) is 5.75 Å². The van der Waals surface area contributed by atoms with Crippen molar-refractivity contribution in [2.45, 2.75) is 51.0 Å². The Morgan fingerprint density at radius 1 is 1.00 bits per heavy atom. The fourth-order valence-electron chi connectivity index (χ4n) is 3.20. The summed E-state index contributed by atoms with van der Waals surface area (Å²) in [5, 5.41) is 0. The van der Waals surface area contributed by atoms with Crippen LogP contribution in [-0.4, -0.2) is 30.0 Å². The zero-order chi connectivity index (χ0) is 13.8. The molecule has 3 heteroatoms. The van der Waals surface area contributed by atoms with Crippen LogP contribution >= 0.6 is 0 Å². The second-order valence-corrected chi connectivity index (χ2v) is 5.87. The maximum absolute atomic E-state index is 12.6. The summed E-state index contributed by atoms with van der Waals surface area (Å²) >= 11 is 0. The standard InChI is InChI=1S/C17H23NO2/c19-17(18-12-6-7-13-18)15-10-4-5-11-16(15)20-14-8-2-1-3-9-14/h4-5,10-11,14H,1-3,6-9,12-13H2. The molecule has 1 heterocycles. The highest BCUT2D eigenvalue weighted by Crippen LogP contribution is 2.27. The molecule has 0 spiro atoms. The predicted octanol–water partition coefficient (Wildman–Crippen LogP) is 3.63. The number of rotatable bonds is 3. The van der Waals surface area contributed by atoms with Crippen molar-refractivity contribution in [3.63, 3.8) is 0 Å². The Labute approximate surface area is 120 Å². The van der Waals surface area contributed by atoms with Gasteiger partial charge in [0.05, 0.1) is 11.7 Å². The van der Waals surface area contributed by atoms with Crippen molar-refractivity contribution in [1.29, 1.82) is 0 Å². The van der Waals surface area contributed by atoms with Crippen molar-refractivity contribution in [1.82, 2.24) is 4.90 Å². The molecule has 1 aromatic carbocycles. The number of amides is 1. The maximum Gasteiger partial charge on any atom is 0.257 e. The largest absolute Gasteiger partial charge is 0.490 e. The highest BCUT2D eigenvalue weighted by molar-refractivity contribution is 5.97. The molecule has 0 bridgehead atoms. The van der Waals surface area contributed by atoms with Crippen LogP contribution in [0.3, 0.4) is 0 Å². The van der Waals surface area contributed by atoms with Gasteiger partial charge >= 0.3 is 0 Å². The Balaban J connectivity index is 1.74. The number of ether oxygens (including phenoxy) is 1. The summed E-state index contributed by atoms with van der Waals surface area (Å²) in [4.78, 5) is 14.5. The number of para-hydroxylation sites is 1. The molecule has 0 unspecified atom stereocenters. The van der Waals surface area contributed by atoms with Crippen LogP contribution in [0.2, 0.25) is 0 Å². The van der Waals surface area contributed by atoms with Crippen molar-refractivity contribution in [2.75, 3.05) is 13.1 Å². The Hall–Kier alpha value is -1.51. The molecule has 1 aliphatic heterocycles. The quantitative estimate of drug-likeness (QED) is 0.841. The molecule has 0 aromatic heterocycles. The summed E-state index contributed by atoms with van der Waals surface area (Å²) in [6, 6.07) is 7.73. The van der Waals surface area contributed by atoms with Crippen LogP contribution in [0.15, 0.2) is 24.3 Å². The minimum Gasteiger partial charge on any atom is -0.490 e. The van der Waals surface area contributed by atoms with E-state index in [2.05, 4.69) is 0 Å². The topological polar surface area (TPSA) is 29.5 Å². The van der Waals surface area contributed by atoms with E-state index in [1.165, 1.54) is 19.3 Å². The van der Waals surface area contributed by atoms with Crippen molar-refractivity contribution < 1.29 is 9.53 Å². The average molecular weight is 273 g/mol. The summed E-state index contributed by atoms with van der Waals surface area (Å²) in [5.41, 5.74) is 0.736. The van der Waals surface area contributed by atoms with Crippen LogP contribution < -0.4 is 4.74 Å². The van der Waals surface area contributed by atoms with Gasteiger partial charge in [0.1, 0.15) is 5.75 Å². The summed E-state index contributed by atoms with van der Waals surface area (Å²) in [5.74, 6) is 0.908. The second kappa shape index (κ2) is 6.29. The van der Waals surface area contributed by atoms with Crippen LogP contribution in [0.1, 0.15) is 55.3 Å². The Morgan fingerprint density at radius 3 is 2.45 bits per heavy atom. The summed E-state index contributed by atoms with van der Waals surface area (Å²) in [7, 11) is 0. The van der Waals surface area contributed by atoms with Crippen LogP contribution in [0, 0.1) is 0 Å². The zero-order valence-electron chi connectivity index (χ0n) is 12.0. The number of benzene rings is 1. The number of carbonyl (C=O) groups is 1. The van der Waals surface area contributed by atoms with Crippen LogP contribution in [0.25, 0.3) is 0 Å². The van der Waals surface area contributed by atoms with Gasteiger partial charge in [-0.1, -0.05) is 18.6 Å². The lowest BCUT2D eigenvalue weighted by atomic mass is 9.97. The van der Waals surface area contributed by atoms with Gasteiger partial charge in [0.2, 0.25) is 0 Å². The van der Waals surface area contributed by atoms with E-state index < -0.39 is 0 Å². The SMILES string of the molecule is O=C(c1ccccc1OC1CCCCC1)N1CCCC1. The number of hydrogen-bond acceptors (Lipinski definition) is 2. The van der Waals surface area contributed by atoms with Gasteiger partial charge in [0.15, 0.2) is 0 Å². The Morgan fingerprint density at radius 2 is 1.70 bits per heavy atom. The first-order chi connectivity index (χ1) is 9.84. The normalized spacial score (nSPS) is 20.1. The van der Waals surface area contributed by atoms with Gasteiger partial charge in [0, 0.05) is 13.1 Å². The van der Waals surface area contributed by atoms with Crippen molar-refractivity contribution in [2.24, 2.45) is 0 Å². The van der Waals surface area contributed by atoms with E-state index >= 15 is 0 Å². The molecule has 2 fully saturated rings. The number of likely N-dealkylation sites (tertiary alicyclic amines) is 1. The van der Waals surface area contributed by atoms with E-state index in [4.69, 9.17) is 4.74 Å². The van der Waals surface area contributed by atoms with Crippen LogP contribution in [-0.2, 0) is 0 Å². The third-order valence-electron chi connectivity index (χ3n) is 4.36. The molecule has 0 N–H and O–H groups in total. The van der Waals surface area contributed by atoms with Gasteiger partial charge in [-0.2, -0.15) is 0 Å². The van der Waals surface area contributed by atoms with Crippen molar-refractivity contribution in [3.05, 3.63) is 29.8 Å². The Bertz CT molecular complexity index is 460. The average Bonchev–Trinajstić information content (AvgIpc) is 3.02. The van der Waals surface area contributed by atoms with Gasteiger partial charge in [0.25, 0.3) is 5.91 Å².